The zero-order valence-corrected chi connectivity index (χ0v) is 11.7. The molecule has 2 heterocycles. The first-order chi connectivity index (χ1) is 9.24. The van der Waals surface area contributed by atoms with E-state index in [9.17, 15) is 0 Å². The van der Waals surface area contributed by atoms with Gasteiger partial charge in [-0.2, -0.15) is 0 Å². The van der Waals surface area contributed by atoms with Gasteiger partial charge in [0.05, 0.1) is 24.2 Å². The molecule has 102 valence electrons. The molecule has 0 aliphatic carbocycles. The fourth-order valence-corrected chi connectivity index (χ4v) is 2.81. The molecule has 0 radical (unpaired) electrons. The van der Waals surface area contributed by atoms with Crippen LogP contribution < -0.4 is 0 Å². The molecule has 4 heteroatoms. The van der Waals surface area contributed by atoms with Gasteiger partial charge in [0.15, 0.2) is 0 Å². The highest BCUT2D eigenvalue weighted by atomic mass is 16.5. The van der Waals surface area contributed by atoms with E-state index >= 15 is 0 Å². The second-order valence-electron chi connectivity index (χ2n) is 5.50. The number of rotatable bonds is 4. The van der Waals surface area contributed by atoms with E-state index < -0.39 is 0 Å². The molecule has 0 N–H and O–H groups in total. The summed E-state index contributed by atoms with van der Waals surface area (Å²) in [6, 6.07) is 8.30. The Labute approximate surface area is 114 Å². The highest BCUT2D eigenvalue weighted by Gasteiger charge is 2.18. The molecule has 0 amide bonds. The molecule has 19 heavy (non-hydrogen) atoms. The van der Waals surface area contributed by atoms with Crippen LogP contribution in [0.3, 0.4) is 0 Å². The molecule has 0 spiro atoms. The fraction of sp³-hybridized carbons (Fsp3) is 0.533. The molecule has 2 aromatic rings. The summed E-state index contributed by atoms with van der Waals surface area (Å²) in [6.07, 6.45) is 1.19. The molecule has 1 aromatic carbocycles. The summed E-state index contributed by atoms with van der Waals surface area (Å²) in [6.45, 7) is 3.81. The Bertz CT molecular complexity index is 558. The number of hydrogen-bond acceptors (Lipinski definition) is 3. The summed E-state index contributed by atoms with van der Waals surface area (Å²) < 4.78 is 7.62. The maximum absolute atomic E-state index is 5.43. The molecule has 1 saturated heterocycles. The van der Waals surface area contributed by atoms with Crippen LogP contribution in [-0.4, -0.2) is 41.3 Å². The van der Waals surface area contributed by atoms with Gasteiger partial charge in [-0.15, -0.1) is 0 Å². The predicted molar refractivity (Wildman–Crippen MR) is 76.0 cm³/mol. The smallest absolute Gasteiger partial charge is 0.123 e. The maximum Gasteiger partial charge on any atom is 0.123 e. The van der Waals surface area contributed by atoms with Crippen molar-refractivity contribution in [2.75, 3.05) is 26.8 Å². The highest BCUT2D eigenvalue weighted by Crippen LogP contribution is 2.17. The lowest BCUT2D eigenvalue weighted by Gasteiger charge is -2.19. The summed E-state index contributed by atoms with van der Waals surface area (Å²) in [5, 5.41) is 0. The topological polar surface area (TPSA) is 30.3 Å². The van der Waals surface area contributed by atoms with Gasteiger partial charge >= 0.3 is 0 Å². The van der Waals surface area contributed by atoms with Gasteiger partial charge in [0.25, 0.3) is 0 Å². The molecule has 1 aromatic heterocycles. The average Bonchev–Trinajstić information content (AvgIpc) is 3.00. The second-order valence-corrected chi connectivity index (χ2v) is 5.50. The third kappa shape index (κ3) is 2.65. The first-order valence-electron chi connectivity index (χ1n) is 6.90. The third-order valence-electron chi connectivity index (χ3n) is 3.88. The monoisotopic (exact) mass is 259 g/mol. The number of benzene rings is 1. The van der Waals surface area contributed by atoms with Gasteiger partial charge < -0.3 is 9.30 Å². The Kier molecular flexibility index (Phi) is 3.53. The first kappa shape index (κ1) is 12.6. The number of aromatic nitrogens is 2. The Morgan fingerprint density at radius 3 is 3.00 bits per heavy atom. The van der Waals surface area contributed by atoms with Crippen LogP contribution in [0.5, 0.6) is 0 Å². The molecule has 1 aliphatic heterocycles. The van der Waals surface area contributed by atoms with Crippen molar-refractivity contribution in [1.82, 2.24) is 14.5 Å². The summed E-state index contributed by atoms with van der Waals surface area (Å²) in [4.78, 5) is 7.06. The van der Waals surface area contributed by atoms with Gasteiger partial charge in [0, 0.05) is 20.2 Å². The zero-order chi connectivity index (χ0) is 13.2. The predicted octanol–water partition coefficient (Wildman–Crippen LogP) is 2.04. The molecule has 0 saturated carbocycles. The van der Waals surface area contributed by atoms with Gasteiger partial charge in [-0.25, -0.2) is 4.98 Å². The highest BCUT2D eigenvalue weighted by molar-refractivity contribution is 5.75. The second kappa shape index (κ2) is 5.31. The van der Waals surface area contributed by atoms with Gasteiger partial charge in [0.2, 0.25) is 0 Å². The Hall–Kier alpha value is -1.39. The van der Waals surface area contributed by atoms with Gasteiger partial charge in [-0.3, -0.25) is 4.90 Å². The number of imidazole rings is 1. The van der Waals surface area contributed by atoms with Gasteiger partial charge in [-0.05, 0) is 31.5 Å². The molecule has 0 bridgehead atoms. The number of nitrogens with zero attached hydrogens (tertiary/aromatic N) is 3. The quantitative estimate of drug-likeness (QED) is 0.841. The normalized spacial score (nSPS) is 19.6. The summed E-state index contributed by atoms with van der Waals surface area (Å²) in [5.41, 5.74) is 2.28. The van der Waals surface area contributed by atoms with Crippen molar-refractivity contribution in [2.45, 2.75) is 13.0 Å². The molecule has 1 fully saturated rings. The minimum absolute atomic E-state index is 0.680. The van der Waals surface area contributed by atoms with Crippen molar-refractivity contribution in [1.29, 1.82) is 0 Å². The van der Waals surface area contributed by atoms with Crippen molar-refractivity contribution in [3.05, 3.63) is 30.1 Å². The van der Waals surface area contributed by atoms with Crippen molar-refractivity contribution >= 4 is 11.0 Å². The molecular formula is C15H21N3O. The third-order valence-corrected chi connectivity index (χ3v) is 3.88. The van der Waals surface area contributed by atoms with E-state index in [4.69, 9.17) is 9.72 Å². The van der Waals surface area contributed by atoms with E-state index in [2.05, 4.69) is 41.8 Å². The van der Waals surface area contributed by atoms with E-state index in [1.807, 2.05) is 6.07 Å². The molecule has 1 aliphatic rings. The number of para-hydroxylation sites is 2. The van der Waals surface area contributed by atoms with Crippen LogP contribution in [0.15, 0.2) is 24.3 Å². The van der Waals surface area contributed by atoms with Crippen LogP contribution in [0.4, 0.5) is 0 Å². The molecule has 3 rings (SSSR count). The molecule has 4 nitrogen and oxygen atoms in total. The van der Waals surface area contributed by atoms with Gasteiger partial charge in [0.1, 0.15) is 5.82 Å². The summed E-state index contributed by atoms with van der Waals surface area (Å²) >= 11 is 0. The standard InChI is InChI=1S/C15H21N3O/c1-17(9-12-7-8-19-11-12)10-15-16-13-5-3-4-6-14(13)18(15)2/h3-6,12H,7-11H2,1-2H3/t12-/m0/s1. The van der Waals surface area contributed by atoms with E-state index in [1.54, 1.807) is 0 Å². The van der Waals surface area contributed by atoms with E-state index in [0.717, 1.165) is 37.6 Å². The largest absolute Gasteiger partial charge is 0.381 e. The minimum Gasteiger partial charge on any atom is -0.381 e. The van der Waals surface area contributed by atoms with E-state index in [0.29, 0.717) is 5.92 Å². The Morgan fingerprint density at radius 1 is 1.42 bits per heavy atom. The first-order valence-corrected chi connectivity index (χ1v) is 6.90. The summed E-state index contributed by atoms with van der Waals surface area (Å²) in [7, 11) is 4.26. The number of hydrogen-bond donors (Lipinski definition) is 0. The van der Waals surface area contributed by atoms with Crippen LogP contribution in [-0.2, 0) is 18.3 Å². The number of aryl methyl sites for hydroxylation is 1. The van der Waals surface area contributed by atoms with Crippen molar-refractivity contribution in [3.8, 4) is 0 Å². The van der Waals surface area contributed by atoms with Crippen molar-refractivity contribution in [2.24, 2.45) is 13.0 Å². The van der Waals surface area contributed by atoms with Crippen molar-refractivity contribution < 1.29 is 4.74 Å². The summed E-state index contributed by atoms with van der Waals surface area (Å²) in [5.74, 6) is 1.81. The lowest BCUT2D eigenvalue weighted by Crippen LogP contribution is -2.26. The van der Waals surface area contributed by atoms with Crippen LogP contribution >= 0.6 is 0 Å². The maximum atomic E-state index is 5.43. The van der Waals surface area contributed by atoms with E-state index in [1.165, 1.54) is 11.9 Å². The molecule has 0 unspecified atom stereocenters. The Morgan fingerprint density at radius 2 is 2.26 bits per heavy atom. The SMILES string of the molecule is CN(Cc1nc2ccccc2n1C)C[C@@H]1CCOC1. The van der Waals surface area contributed by atoms with E-state index in [-0.39, 0.29) is 0 Å². The fourth-order valence-electron chi connectivity index (χ4n) is 2.81. The lowest BCUT2D eigenvalue weighted by molar-refractivity contribution is 0.172. The zero-order valence-electron chi connectivity index (χ0n) is 11.7. The minimum atomic E-state index is 0.680. The number of ether oxygens (including phenoxy) is 1. The van der Waals surface area contributed by atoms with Crippen molar-refractivity contribution in [3.63, 3.8) is 0 Å². The van der Waals surface area contributed by atoms with Crippen LogP contribution in [0, 0.1) is 5.92 Å². The van der Waals surface area contributed by atoms with Crippen LogP contribution in [0.25, 0.3) is 11.0 Å². The van der Waals surface area contributed by atoms with Gasteiger partial charge in [-0.1, -0.05) is 12.1 Å². The van der Waals surface area contributed by atoms with Crippen LogP contribution in [0.2, 0.25) is 0 Å². The Balaban J connectivity index is 1.71. The number of fused-ring (bicyclic) bond motifs is 1. The van der Waals surface area contributed by atoms with Crippen LogP contribution in [0.1, 0.15) is 12.2 Å². The molecule has 1 atom stereocenters. The lowest BCUT2D eigenvalue weighted by atomic mass is 10.1. The molecular weight excluding hydrogens is 238 g/mol. The average molecular weight is 259 g/mol.